The van der Waals surface area contributed by atoms with Crippen molar-refractivity contribution in [1.29, 1.82) is 0 Å². The Bertz CT molecular complexity index is 633. The van der Waals surface area contributed by atoms with Crippen LogP contribution < -0.4 is 5.32 Å². The zero-order valence-electron chi connectivity index (χ0n) is 15.7. The average molecular weight is 347 g/mol. The van der Waals surface area contributed by atoms with E-state index in [2.05, 4.69) is 21.4 Å². The van der Waals surface area contributed by atoms with Crippen LogP contribution in [0.1, 0.15) is 25.8 Å². The highest BCUT2D eigenvalue weighted by Gasteiger charge is 2.31. The Morgan fingerprint density at radius 3 is 2.88 bits per heavy atom. The van der Waals surface area contributed by atoms with Crippen molar-refractivity contribution in [2.75, 3.05) is 33.2 Å². The van der Waals surface area contributed by atoms with Gasteiger partial charge in [0.1, 0.15) is 0 Å². The zero-order valence-corrected chi connectivity index (χ0v) is 15.7. The van der Waals surface area contributed by atoms with Gasteiger partial charge in [-0.3, -0.25) is 19.2 Å². The van der Waals surface area contributed by atoms with Gasteiger partial charge in [0, 0.05) is 46.5 Å². The molecule has 1 aromatic heterocycles. The number of allylic oxidation sites excluding steroid dienone is 1. The van der Waals surface area contributed by atoms with E-state index in [4.69, 9.17) is 0 Å². The number of hydrogen-bond donors (Lipinski definition) is 1. The first kappa shape index (κ1) is 19.2. The minimum absolute atomic E-state index is 0.00635. The highest BCUT2D eigenvalue weighted by molar-refractivity contribution is 5.88. The number of rotatable bonds is 7. The summed E-state index contributed by atoms with van der Waals surface area (Å²) in [6, 6.07) is -0.391. The molecule has 1 atom stereocenters. The highest BCUT2D eigenvalue weighted by Crippen LogP contribution is 2.11. The van der Waals surface area contributed by atoms with Gasteiger partial charge < -0.3 is 10.2 Å². The van der Waals surface area contributed by atoms with Gasteiger partial charge in [-0.15, -0.1) is 0 Å². The molecule has 1 aliphatic heterocycles. The third kappa shape index (κ3) is 5.70. The zero-order chi connectivity index (χ0) is 18.4. The van der Waals surface area contributed by atoms with Crippen LogP contribution in [0, 0.1) is 0 Å². The molecule has 1 fully saturated rings. The molecule has 1 aromatic rings. The second-order valence-electron chi connectivity index (χ2n) is 6.87. The number of nitrogens with one attached hydrogen (secondary N) is 1. The average Bonchev–Trinajstić information content (AvgIpc) is 2.98. The summed E-state index contributed by atoms with van der Waals surface area (Å²) >= 11 is 0. The summed E-state index contributed by atoms with van der Waals surface area (Å²) in [6.07, 6.45) is 6.84. The standard InChI is InChI=1S/C18H29N5O2/c1-14(2)5-9-23-10-7-19-18(25)16(23)11-17(24)21(3)8-6-15-12-20-22(4)13-15/h5,12-13,16H,6-11H2,1-4H3,(H,19,25). The maximum absolute atomic E-state index is 12.5. The molecule has 1 saturated heterocycles. The van der Waals surface area contributed by atoms with Crippen molar-refractivity contribution in [1.82, 2.24) is 24.9 Å². The van der Waals surface area contributed by atoms with Crippen molar-refractivity contribution in [3.63, 3.8) is 0 Å². The van der Waals surface area contributed by atoms with Gasteiger partial charge in [0.25, 0.3) is 0 Å². The summed E-state index contributed by atoms with van der Waals surface area (Å²) < 4.78 is 1.75. The van der Waals surface area contributed by atoms with Gasteiger partial charge in [0.15, 0.2) is 0 Å². The summed E-state index contributed by atoms with van der Waals surface area (Å²) in [6.45, 7) is 6.80. The maximum Gasteiger partial charge on any atom is 0.237 e. The Morgan fingerprint density at radius 2 is 2.24 bits per heavy atom. The van der Waals surface area contributed by atoms with Crippen molar-refractivity contribution >= 4 is 11.8 Å². The number of hydrogen-bond acceptors (Lipinski definition) is 4. The Balaban J connectivity index is 1.90. The third-order valence-electron chi connectivity index (χ3n) is 4.46. The van der Waals surface area contributed by atoms with E-state index in [9.17, 15) is 9.59 Å². The number of likely N-dealkylation sites (N-methyl/N-ethyl adjacent to an activating group) is 1. The lowest BCUT2D eigenvalue weighted by Gasteiger charge is -2.34. The van der Waals surface area contributed by atoms with Gasteiger partial charge in [-0.25, -0.2) is 0 Å². The first-order chi connectivity index (χ1) is 11.9. The van der Waals surface area contributed by atoms with Crippen LogP contribution in [0.5, 0.6) is 0 Å². The van der Waals surface area contributed by atoms with Crippen LogP contribution in [0.3, 0.4) is 0 Å². The van der Waals surface area contributed by atoms with Crippen molar-refractivity contribution < 1.29 is 9.59 Å². The van der Waals surface area contributed by atoms with Gasteiger partial charge in [-0.05, 0) is 25.8 Å². The molecule has 2 rings (SSSR count). The van der Waals surface area contributed by atoms with Crippen molar-refractivity contribution in [3.8, 4) is 0 Å². The molecule has 2 amide bonds. The Hall–Kier alpha value is -2.15. The molecule has 1 N–H and O–H groups in total. The molecule has 0 aliphatic carbocycles. The minimum Gasteiger partial charge on any atom is -0.353 e. The molecule has 0 aromatic carbocycles. The van der Waals surface area contributed by atoms with Crippen LogP contribution in [-0.4, -0.2) is 70.7 Å². The fraction of sp³-hybridized carbons (Fsp3) is 0.611. The molecule has 0 saturated carbocycles. The lowest BCUT2D eigenvalue weighted by atomic mass is 10.1. The molecular formula is C18H29N5O2. The Kier molecular flexibility index (Phi) is 6.75. The number of carbonyl (C=O) groups is 2. The van der Waals surface area contributed by atoms with E-state index in [1.165, 1.54) is 5.57 Å². The molecule has 7 heteroatoms. The fourth-order valence-electron chi connectivity index (χ4n) is 2.85. The lowest BCUT2D eigenvalue weighted by molar-refractivity contribution is -0.137. The third-order valence-corrected chi connectivity index (χ3v) is 4.46. The van der Waals surface area contributed by atoms with Crippen LogP contribution in [0.15, 0.2) is 24.0 Å². The van der Waals surface area contributed by atoms with E-state index in [0.717, 1.165) is 18.5 Å². The largest absolute Gasteiger partial charge is 0.353 e. The monoisotopic (exact) mass is 347 g/mol. The van der Waals surface area contributed by atoms with Crippen LogP contribution in [0.2, 0.25) is 0 Å². The first-order valence-electron chi connectivity index (χ1n) is 8.73. The number of amides is 2. The first-order valence-corrected chi connectivity index (χ1v) is 8.73. The van der Waals surface area contributed by atoms with E-state index < -0.39 is 6.04 Å². The van der Waals surface area contributed by atoms with Crippen molar-refractivity contribution in [2.24, 2.45) is 7.05 Å². The highest BCUT2D eigenvalue weighted by atomic mass is 16.2. The van der Waals surface area contributed by atoms with Gasteiger partial charge in [0.2, 0.25) is 11.8 Å². The summed E-state index contributed by atoms with van der Waals surface area (Å²) in [7, 11) is 3.67. The second-order valence-corrected chi connectivity index (χ2v) is 6.87. The second kappa shape index (κ2) is 8.80. The predicted octanol–water partition coefficient (Wildman–Crippen LogP) is 0.578. The fourth-order valence-corrected chi connectivity index (χ4v) is 2.85. The minimum atomic E-state index is -0.391. The molecule has 138 valence electrons. The quantitative estimate of drug-likeness (QED) is 0.733. The van der Waals surface area contributed by atoms with Crippen molar-refractivity contribution in [2.45, 2.75) is 32.7 Å². The summed E-state index contributed by atoms with van der Waals surface area (Å²) in [5.41, 5.74) is 2.31. The molecular weight excluding hydrogens is 318 g/mol. The maximum atomic E-state index is 12.5. The number of piperazine rings is 1. The van der Waals surface area contributed by atoms with E-state index >= 15 is 0 Å². The smallest absolute Gasteiger partial charge is 0.237 e. The number of aromatic nitrogens is 2. The van der Waals surface area contributed by atoms with Crippen LogP contribution in [0.4, 0.5) is 0 Å². The number of aryl methyl sites for hydroxylation is 1. The number of nitrogens with zero attached hydrogens (tertiary/aromatic N) is 4. The van der Waals surface area contributed by atoms with Crippen LogP contribution in [-0.2, 0) is 23.1 Å². The predicted molar refractivity (Wildman–Crippen MR) is 97.0 cm³/mol. The molecule has 1 unspecified atom stereocenters. The molecule has 0 radical (unpaired) electrons. The summed E-state index contributed by atoms with van der Waals surface area (Å²) in [4.78, 5) is 28.6. The molecule has 25 heavy (non-hydrogen) atoms. The Labute approximate surface area is 149 Å². The van der Waals surface area contributed by atoms with Gasteiger partial charge >= 0.3 is 0 Å². The molecule has 0 bridgehead atoms. The normalized spacial score (nSPS) is 17.9. The lowest BCUT2D eigenvalue weighted by Crippen LogP contribution is -2.56. The van der Waals surface area contributed by atoms with Crippen molar-refractivity contribution in [3.05, 3.63) is 29.6 Å². The van der Waals surface area contributed by atoms with E-state index in [1.54, 1.807) is 16.6 Å². The summed E-state index contributed by atoms with van der Waals surface area (Å²) in [5, 5.41) is 7.01. The van der Waals surface area contributed by atoms with Gasteiger partial charge in [-0.1, -0.05) is 11.6 Å². The molecule has 2 heterocycles. The van der Waals surface area contributed by atoms with E-state index in [0.29, 0.717) is 19.6 Å². The van der Waals surface area contributed by atoms with Crippen LogP contribution >= 0.6 is 0 Å². The van der Waals surface area contributed by atoms with Gasteiger partial charge in [-0.2, -0.15) is 5.10 Å². The topological polar surface area (TPSA) is 70.5 Å². The van der Waals surface area contributed by atoms with Gasteiger partial charge in [0.05, 0.1) is 18.7 Å². The van der Waals surface area contributed by atoms with E-state index in [-0.39, 0.29) is 18.2 Å². The SMILES string of the molecule is CC(C)=CCN1CCNC(=O)C1CC(=O)N(C)CCc1cnn(C)c1. The molecule has 7 nitrogen and oxygen atoms in total. The molecule has 0 spiro atoms. The summed E-state index contributed by atoms with van der Waals surface area (Å²) in [5.74, 6) is -0.0597. The number of carbonyl (C=O) groups excluding carboxylic acids is 2. The van der Waals surface area contributed by atoms with Crippen LogP contribution in [0.25, 0.3) is 0 Å². The van der Waals surface area contributed by atoms with E-state index in [1.807, 2.05) is 33.3 Å². The Morgan fingerprint density at radius 1 is 1.48 bits per heavy atom. The molecule has 1 aliphatic rings.